The Bertz CT molecular complexity index is 581. The zero-order valence-corrected chi connectivity index (χ0v) is 13.3. The van der Waals surface area contributed by atoms with E-state index in [9.17, 15) is 0 Å². The summed E-state index contributed by atoms with van der Waals surface area (Å²) in [6.07, 6.45) is 1.15. The SMILES string of the molecule is CCCNC(c1cc(C)nc2ccccc12)C(C)(C)C. The molecule has 1 aromatic carbocycles. The van der Waals surface area contributed by atoms with Crippen LogP contribution in [0.5, 0.6) is 0 Å². The van der Waals surface area contributed by atoms with Crippen molar-refractivity contribution in [2.75, 3.05) is 6.54 Å². The summed E-state index contributed by atoms with van der Waals surface area (Å²) < 4.78 is 0. The van der Waals surface area contributed by atoms with E-state index in [2.05, 4.69) is 75.3 Å². The maximum atomic E-state index is 4.65. The summed E-state index contributed by atoms with van der Waals surface area (Å²) in [7, 11) is 0. The number of nitrogens with one attached hydrogen (secondary N) is 1. The molecule has 2 heteroatoms. The molecule has 0 amide bonds. The lowest BCUT2D eigenvalue weighted by Gasteiger charge is -2.33. The van der Waals surface area contributed by atoms with E-state index in [1.807, 2.05) is 0 Å². The third kappa shape index (κ3) is 3.18. The second-order valence-corrected chi connectivity index (χ2v) is 6.62. The quantitative estimate of drug-likeness (QED) is 0.876. The Kier molecular flexibility index (Phi) is 4.44. The Hall–Kier alpha value is -1.41. The van der Waals surface area contributed by atoms with E-state index in [1.54, 1.807) is 0 Å². The van der Waals surface area contributed by atoms with Gasteiger partial charge < -0.3 is 5.32 Å². The third-order valence-electron chi connectivity index (χ3n) is 3.65. The first-order valence-corrected chi connectivity index (χ1v) is 7.53. The van der Waals surface area contributed by atoms with Crippen LogP contribution in [0.3, 0.4) is 0 Å². The van der Waals surface area contributed by atoms with Gasteiger partial charge in [-0.05, 0) is 43.0 Å². The largest absolute Gasteiger partial charge is 0.309 e. The fourth-order valence-corrected chi connectivity index (χ4v) is 2.75. The number of hydrogen-bond acceptors (Lipinski definition) is 2. The van der Waals surface area contributed by atoms with Gasteiger partial charge in [-0.2, -0.15) is 0 Å². The molecule has 0 bridgehead atoms. The summed E-state index contributed by atoms with van der Waals surface area (Å²) >= 11 is 0. The summed E-state index contributed by atoms with van der Waals surface area (Å²) in [5.41, 5.74) is 3.72. The summed E-state index contributed by atoms with van der Waals surface area (Å²) in [6, 6.07) is 11.0. The van der Waals surface area contributed by atoms with Crippen LogP contribution < -0.4 is 5.32 Å². The van der Waals surface area contributed by atoms with Crippen molar-refractivity contribution in [2.45, 2.75) is 47.1 Å². The average Bonchev–Trinajstić information content (AvgIpc) is 2.37. The van der Waals surface area contributed by atoms with Gasteiger partial charge in [0.15, 0.2) is 0 Å². The van der Waals surface area contributed by atoms with E-state index in [0.29, 0.717) is 6.04 Å². The van der Waals surface area contributed by atoms with Crippen molar-refractivity contribution >= 4 is 10.9 Å². The highest BCUT2D eigenvalue weighted by molar-refractivity contribution is 5.83. The number of aromatic nitrogens is 1. The Balaban J connectivity index is 2.57. The Morgan fingerprint density at radius 3 is 2.55 bits per heavy atom. The number of para-hydroxylation sites is 1. The van der Waals surface area contributed by atoms with E-state index in [0.717, 1.165) is 24.2 Å². The van der Waals surface area contributed by atoms with Crippen molar-refractivity contribution < 1.29 is 0 Å². The van der Waals surface area contributed by atoms with Crippen LogP contribution in [0.2, 0.25) is 0 Å². The maximum Gasteiger partial charge on any atom is 0.0708 e. The predicted molar refractivity (Wildman–Crippen MR) is 87.0 cm³/mol. The van der Waals surface area contributed by atoms with E-state index in [-0.39, 0.29) is 5.41 Å². The van der Waals surface area contributed by atoms with Gasteiger partial charge in [0, 0.05) is 17.1 Å². The van der Waals surface area contributed by atoms with Gasteiger partial charge in [-0.25, -0.2) is 0 Å². The van der Waals surface area contributed by atoms with Crippen molar-refractivity contribution in [3.8, 4) is 0 Å². The molecule has 2 nitrogen and oxygen atoms in total. The number of hydrogen-bond donors (Lipinski definition) is 1. The molecule has 1 heterocycles. The maximum absolute atomic E-state index is 4.65. The van der Waals surface area contributed by atoms with Crippen LogP contribution in [0.1, 0.15) is 51.4 Å². The fourth-order valence-electron chi connectivity index (χ4n) is 2.75. The van der Waals surface area contributed by atoms with Crippen LogP contribution in [0, 0.1) is 12.3 Å². The van der Waals surface area contributed by atoms with E-state index < -0.39 is 0 Å². The smallest absolute Gasteiger partial charge is 0.0708 e. The molecule has 1 unspecified atom stereocenters. The van der Waals surface area contributed by atoms with E-state index in [4.69, 9.17) is 0 Å². The van der Waals surface area contributed by atoms with Gasteiger partial charge in [0.2, 0.25) is 0 Å². The van der Waals surface area contributed by atoms with Gasteiger partial charge in [0.25, 0.3) is 0 Å². The molecule has 0 radical (unpaired) electrons. The lowest BCUT2D eigenvalue weighted by molar-refractivity contribution is 0.275. The van der Waals surface area contributed by atoms with Gasteiger partial charge >= 0.3 is 0 Å². The van der Waals surface area contributed by atoms with Gasteiger partial charge in [-0.3, -0.25) is 4.98 Å². The van der Waals surface area contributed by atoms with Crippen molar-refractivity contribution in [2.24, 2.45) is 5.41 Å². The molecule has 2 aromatic rings. The van der Waals surface area contributed by atoms with Crippen molar-refractivity contribution in [3.05, 3.63) is 41.6 Å². The van der Waals surface area contributed by atoms with Crippen molar-refractivity contribution in [3.63, 3.8) is 0 Å². The molecule has 0 fully saturated rings. The Morgan fingerprint density at radius 2 is 1.90 bits per heavy atom. The minimum Gasteiger partial charge on any atom is -0.309 e. The number of benzene rings is 1. The highest BCUT2D eigenvalue weighted by Crippen LogP contribution is 2.36. The summed E-state index contributed by atoms with van der Waals surface area (Å²) in [5.74, 6) is 0. The Morgan fingerprint density at radius 1 is 1.20 bits per heavy atom. The molecule has 0 saturated heterocycles. The molecule has 108 valence electrons. The lowest BCUT2D eigenvalue weighted by Crippen LogP contribution is -2.33. The molecule has 0 aliphatic heterocycles. The monoisotopic (exact) mass is 270 g/mol. The molecular formula is C18H26N2. The van der Waals surface area contributed by atoms with Crippen molar-refractivity contribution in [1.82, 2.24) is 10.3 Å². The van der Waals surface area contributed by atoms with Gasteiger partial charge in [0.1, 0.15) is 0 Å². The number of rotatable bonds is 4. The van der Waals surface area contributed by atoms with Gasteiger partial charge in [0.05, 0.1) is 5.52 Å². The third-order valence-corrected chi connectivity index (χ3v) is 3.65. The molecule has 20 heavy (non-hydrogen) atoms. The summed E-state index contributed by atoms with van der Waals surface area (Å²) in [5, 5.41) is 4.98. The number of aryl methyl sites for hydroxylation is 1. The first-order chi connectivity index (χ1) is 9.43. The number of fused-ring (bicyclic) bond motifs is 1. The highest BCUT2D eigenvalue weighted by Gasteiger charge is 2.27. The van der Waals surface area contributed by atoms with Crippen LogP contribution in [0.25, 0.3) is 10.9 Å². The second-order valence-electron chi connectivity index (χ2n) is 6.62. The molecule has 1 atom stereocenters. The van der Waals surface area contributed by atoms with Crippen LogP contribution in [0.15, 0.2) is 30.3 Å². The molecule has 0 aliphatic carbocycles. The summed E-state index contributed by atoms with van der Waals surface area (Å²) in [6.45, 7) is 12.2. The van der Waals surface area contributed by atoms with Gasteiger partial charge in [-0.15, -0.1) is 0 Å². The standard InChI is InChI=1S/C18H26N2/c1-6-11-19-17(18(3,4)5)15-12-13(2)20-16-10-8-7-9-14(15)16/h7-10,12,17,19H,6,11H2,1-5H3. The van der Waals surface area contributed by atoms with Crippen LogP contribution in [-0.2, 0) is 0 Å². The first-order valence-electron chi connectivity index (χ1n) is 7.53. The topological polar surface area (TPSA) is 24.9 Å². The normalized spacial score (nSPS) is 13.7. The summed E-state index contributed by atoms with van der Waals surface area (Å²) in [4.78, 5) is 4.65. The zero-order chi connectivity index (χ0) is 14.8. The minimum atomic E-state index is 0.172. The predicted octanol–water partition coefficient (Wildman–Crippen LogP) is 4.63. The average molecular weight is 270 g/mol. The van der Waals surface area contributed by atoms with Crippen molar-refractivity contribution in [1.29, 1.82) is 0 Å². The zero-order valence-electron chi connectivity index (χ0n) is 13.3. The number of pyridine rings is 1. The van der Waals surface area contributed by atoms with Gasteiger partial charge in [-0.1, -0.05) is 45.9 Å². The fraction of sp³-hybridized carbons (Fsp3) is 0.500. The first kappa shape index (κ1) is 15.0. The number of nitrogens with zero attached hydrogens (tertiary/aromatic N) is 1. The molecule has 1 N–H and O–H groups in total. The minimum absolute atomic E-state index is 0.172. The molecule has 0 saturated carbocycles. The second kappa shape index (κ2) is 5.92. The molecule has 2 rings (SSSR count). The molecular weight excluding hydrogens is 244 g/mol. The van der Waals surface area contributed by atoms with E-state index in [1.165, 1.54) is 10.9 Å². The highest BCUT2D eigenvalue weighted by atomic mass is 14.9. The molecule has 0 spiro atoms. The molecule has 1 aromatic heterocycles. The van der Waals surface area contributed by atoms with Crippen LogP contribution in [0.4, 0.5) is 0 Å². The van der Waals surface area contributed by atoms with Crippen LogP contribution >= 0.6 is 0 Å². The molecule has 0 aliphatic rings. The lowest BCUT2D eigenvalue weighted by atomic mass is 9.81. The van der Waals surface area contributed by atoms with E-state index >= 15 is 0 Å². The Labute approximate surface area is 122 Å². The van der Waals surface area contributed by atoms with Crippen LogP contribution in [-0.4, -0.2) is 11.5 Å².